The highest BCUT2D eigenvalue weighted by atomic mass is 16.5. The zero-order chi connectivity index (χ0) is 18.0. The van der Waals surface area contributed by atoms with Gasteiger partial charge in [0.15, 0.2) is 6.10 Å². The smallest absolute Gasteiger partial charge is 0.339 e. The highest BCUT2D eigenvalue weighted by Gasteiger charge is 2.19. The molecule has 1 aromatic heterocycles. The monoisotopic (exact) mass is 345 g/mol. The second kappa shape index (κ2) is 6.96. The maximum Gasteiger partial charge on any atom is 0.339 e. The Kier molecular flexibility index (Phi) is 4.74. The van der Waals surface area contributed by atoms with Gasteiger partial charge < -0.3 is 19.6 Å². The van der Waals surface area contributed by atoms with Crippen LogP contribution in [0, 0.1) is 0 Å². The first-order valence-corrected chi connectivity index (χ1v) is 8.20. The highest BCUT2D eigenvalue weighted by Crippen LogP contribution is 2.29. The Morgan fingerprint density at radius 3 is 2.72 bits per heavy atom. The van der Waals surface area contributed by atoms with Crippen LogP contribution in [-0.4, -0.2) is 29.6 Å². The van der Waals surface area contributed by atoms with Crippen molar-refractivity contribution < 1.29 is 23.8 Å². The molecule has 1 aromatic carbocycles. The number of benzene rings is 1. The summed E-state index contributed by atoms with van der Waals surface area (Å²) >= 11 is 0. The molecule has 7 heteroatoms. The third-order valence-corrected chi connectivity index (χ3v) is 4.29. The van der Waals surface area contributed by atoms with E-state index in [1.165, 1.54) is 6.92 Å². The Morgan fingerprint density at radius 1 is 1.28 bits per heavy atom. The average Bonchev–Trinajstić information content (AvgIpc) is 2.59. The summed E-state index contributed by atoms with van der Waals surface area (Å²) in [7, 11) is 0. The van der Waals surface area contributed by atoms with E-state index in [0.717, 1.165) is 42.2 Å². The van der Waals surface area contributed by atoms with Gasteiger partial charge in [0.05, 0.1) is 0 Å². The molecule has 2 N–H and O–H groups in total. The number of carboxylic acids is 1. The highest BCUT2D eigenvalue weighted by molar-refractivity contribution is 5.85. The van der Waals surface area contributed by atoms with Gasteiger partial charge in [-0.3, -0.25) is 9.59 Å². The Hall–Kier alpha value is -2.83. The van der Waals surface area contributed by atoms with Crippen LogP contribution >= 0.6 is 0 Å². The summed E-state index contributed by atoms with van der Waals surface area (Å²) in [6.07, 6.45) is 2.76. The fourth-order valence-electron chi connectivity index (χ4n) is 3.06. The standard InChI is InChI=1S/C18H19NO6/c1-10(17(22)19-9-16(20)21)24-11-6-7-13-12-4-2-3-5-14(12)18(23)25-15(13)8-11/h6-8,10H,2-5,9H2,1H3,(H,19,22)(H,20,21)/t10-/m0/s1. The van der Waals surface area contributed by atoms with Crippen LogP contribution in [0.1, 0.15) is 30.9 Å². The first-order valence-electron chi connectivity index (χ1n) is 8.20. The topological polar surface area (TPSA) is 106 Å². The number of hydrogen-bond acceptors (Lipinski definition) is 5. The summed E-state index contributed by atoms with van der Waals surface area (Å²) in [4.78, 5) is 34.4. The average molecular weight is 345 g/mol. The molecule has 1 amide bonds. The van der Waals surface area contributed by atoms with E-state index in [0.29, 0.717) is 11.3 Å². The van der Waals surface area contributed by atoms with E-state index in [4.69, 9.17) is 14.3 Å². The van der Waals surface area contributed by atoms with Crippen molar-refractivity contribution in [1.82, 2.24) is 5.32 Å². The molecule has 0 saturated carbocycles. The Morgan fingerprint density at radius 2 is 2.00 bits per heavy atom. The number of amides is 1. The first kappa shape index (κ1) is 17.0. The second-order valence-electron chi connectivity index (χ2n) is 6.08. The molecule has 0 unspecified atom stereocenters. The summed E-state index contributed by atoms with van der Waals surface area (Å²) < 4.78 is 10.9. The van der Waals surface area contributed by atoms with Gasteiger partial charge in [-0.25, -0.2) is 4.79 Å². The van der Waals surface area contributed by atoms with Crippen molar-refractivity contribution in [2.24, 2.45) is 0 Å². The lowest BCUT2D eigenvalue weighted by Gasteiger charge is -2.17. The van der Waals surface area contributed by atoms with Crippen molar-refractivity contribution in [3.05, 3.63) is 39.7 Å². The fourth-order valence-corrected chi connectivity index (χ4v) is 3.06. The number of carbonyl (C=O) groups is 2. The van der Waals surface area contributed by atoms with Gasteiger partial charge in [-0.1, -0.05) is 0 Å². The van der Waals surface area contributed by atoms with Crippen molar-refractivity contribution in [2.45, 2.75) is 38.7 Å². The summed E-state index contributed by atoms with van der Waals surface area (Å²) in [5.74, 6) is -1.28. The quantitative estimate of drug-likeness (QED) is 0.798. The van der Waals surface area contributed by atoms with Crippen LogP contribution in [0.15, 0.2) is 27.4 Å². The molecule has 132 valence electrons. The van der Waals surface area contributed by atoms with Gasteiger partial charge in [0.1, 0.15) is 17.9 Å². The normalized spacial score (nSPS) is 14.6. The van der Waals surface area contributed by atoms with Crippen LogP contribution in [0.25, 0.3) is 11.0 Å². The molecule has 0 aliphatic heterocycles. The van der Waals surface area contributed by atoms with E-state index in [-0.39, 0.29) is 5.63 Å². The lowest BCUT2D eigenvalue weighted by Crippen LogP contribution is -2.39. The summed E-state index contributed by atoms with van der Waals surface area (Å²) in [6, 6.07) is 5.14. The lowest BCUT2D eigenvalue weighted by molar-refractivity contribution is -0.139. The molecule has 7 nitrogen and oxygen atoms in total. The van der Waals surface area contributed by atoms with Gasteiger partial charge in [0.25, 0.3) is 5.91 Å². The van der Waals surface area contributed by atoms with Crippen LogP contribution < -0.4 is 15.7 Å². The van der Waals surface area contributed by atoms with Crippen LogP contribution in [0.3, 0.4) is 0 Å². The molecule has 0 radical (unpaired) electrons. The minimum atomic E-state index is -1.13. The van der Waals surface area contributed by atoms with E-state index in [1.54, 1.807) is 12.1 Å². The predicted molar refractivity (Wildman–Crippen MR) is 89.9 cm³/mol. The fraction of sp³-hybridized carbons (Fsp3) is 0.389. The molecule has 1 atom stereocenters. The Balaban J connectivity index is 1.83. The number of nitrogens with one attached hydrogen (secondary N) is 1. The Bertz CT molecular complexity index is 885. The van der Waals surface area contributed by atoms with Gasteiger partial charge >= 0.3 is 11.6 Å². The van der Waals surface area contributed by atoms with Crippen LogP contribution in [-0.2, 0) is 22.4 Å². The van der Waals surface area contributed by atoms with Crippen molar-refractivity contribution in [3.8, 4) is 5.75 Å². The number of rotatable bonds is 5. The van der Waals surface area contributed by atoms with E-state index >= 15 is 0 Å². The van der Waals surface area contributed by atoms with Gasteiger partial charge in [-0.05, 0) is 50.3 Å². The third-order valence-electron chi connectivity index (χ3n) is 4.29. The van der Waals surface area contributed by atoms with Gasteiger partial charge in [-0.2, -0.15) is 0 Å². The Labute approximate surface area is 143 Å². The van der Waals surface area contributed by atoms with E-state index in [1.807, 2.05) is 6.07 Å². The zero-order valence-corrected chi connectivity index (χ0v) is 13.8. The number of hydrogen-bond donors (Lipinski definition) is 2. The van der Waals surface area contributed by atoms with Gasteiger partial charge in [0, 0.05) is 17.0 Å². The third kappa shape index (κ3) is 3.65. The van der Waals surface area contributed by atoms with E-state index in [2.05, 4.69) is 5.32 Å². The van der Waals surface area contributed by atoms with Crippen molar-refractivity contribution in [1.29, 1.82) is 0 Å². The molecule has 1 heterocycles. The number of carbonyl (C=O) groups excluding carboxylic acids is 1. The minimum absolute atomic E-state index is 0.313. The predicted octanol–water partition coefficient (Wildman–Crippen LogP) is 1.64. The molecule has 0 fully saturated rings. The molecular weight excluding hydrogens is 326 g/mol. The molecular formula is C18H19NO6. The second-order valence-corrected chi connectivity index (χ2v) is 6.08. The molecule has 2 aromatic rings. The minimum Gasteiger partial charge on any atom is -0.481 e. The molecule has 3 rings (SSSR count). The van der Waals surface area contributed by atoms with Crippen LogP contribution in [0.2, 0.25) is 0 Å². The van der Waals surface area contributed by atoms with E-state index in [9.17, 15) is 14.4 Å². The number of fused-ring (bicyclic) bond motifs is 3. The number of carboxylic acid groups (broad SMARTS) is 1. The molecule has 25 heavy (non-hydrogen) atoms. The van der Waals surface area contributed by atoms with Gasteiger partial charge in [0.2, 0.25) is 0 Å². The van der Waals surface area contributed by atoms with Crippen molar-refractivity contribution in [2.75, 3.05) is 6.54 Å². The largest absolute Gasteiger partial charge is 0.481 e. The number of aliphatic carboxylic acids is 1. The zero-order valence-electron chi connectivity index (χ0n) is 13.8. The van der Waals surface area contributed by atoms with Crippen molar-refractivity contribution in [3.63, 3.8) is 0 Å². The molecule has 0 bridgehead atoms. The molecule has 1 aliphatic rings. The SMILES string of the molecule is C[C@H](Oc1ccc2c3c(c(=O)oc2c1)CCCC3)C(=O)NCC(=O)O. The molecule has 1 aliphatic carbocycles. The maximum atomic E-state index is 12.1. The summed E-state index contributed by atoms with van der Waals surface area (Å²) in [5.41, 5.74) is 1.91. The number of aryl methyl sites for hydroxylation is 1. The maximum absolute atomic E-state index is 12.1. The summed E-state index contributed by atoms with van der Waals surface area (Å²) in [5, 5.41) is 11.7. The molecule has 0 saturated heterocycles. The van der Waals surface area contributed by atoms with Crippen LogP contribution in [0.4, 0.5) is 0 Å². The number of ether oxygens (including phenoxy) is 1. The lowest BCUT2D eigenvalue weighted by atomic mass is 9.91. The van der Waals surface area contributed by atoms with Gasteiger partial charge in [-0.15, -0.1) is 0 Å². The van der Waals surface area contributed by atoms with Crippen LogP contribution in [0.5, 0.6) is 5.75 Å². The molecule has 0 spiro atoms. The van der Waals surface area contributed by atoms with E-state index < -0.39 is 24.5 Å². The van der Waals surface area contributed by atoms with Crippen molar-refractivity contribution >= 4 is 22.8 Å². The summed E-state index contributed by atoms with van der Waals surface area (Å²) in [6.45, 7) is 1.05. The first-order chi connectivity index (χ1) is 12.0.